The molecule has 2 rings (SSSR count). The molecule has 0 aromatic heterocycles. The number of benzene rings is 1. The van der Waals surface area contributed by atoms with Crippen molar-refractivity contribution in [3.63, 3.8) is 0 Å². The van der Waals surface area contributed by atoms with Gasteiger partial charge in [-0.15, -0.1) is 24.0 Å². The molecule has 1 aliphatic heterocycles. The lowest BCUT2D eigenvalue weighted by Crippen LogP contribution is -2.27. The molecule has 0 bridgehead atoms. The van der Waals surface area contributed by atoms with Crippen LogP contribution in [-0.4, -0.2) is 37.0 Å². The summed E-state index contributed by atoms with van der Waals surface area (Å²) in [5.74, 6) is 0.507. The summed E-state index contributed by atoms with van der Waals surface area (Å²) in [6.45, 7) is 8.34. The Hall–Kier alpha value is -0.820. The van der Waals surface area contributed by atoms with Crippen molar-refractivity contribution in [2.75, 3.05) is 31.5 Å². The second kappa shape index (κ2) is 8.46. The van der Waals surface area contributed by atoms with Gasteiger partial charge in [0.25, 0.3) is 0 Å². The third kappa shape index (κ3) is 5.28. The minimum Gasteiger partial charge on any atom is -0.370 e. The minimum absolute atomic E-state index is 0. The monoisotopic (exact) mass is 388 g/mol. The molecule has 112 valence electrons. The van der Waals surface area contributed by atoms with Gasteiger partial charge in [0.2, 0.25) is 0 Å². The van der Waals surface area contributed by atoms with E-state index >= 15 is 0 Å². The number of nitrogens with two attached hydrogens (primary N) is 1. The van der Waals surface area contributed by atoms with Gasteiger partial charge in [0, 0.05) is 12.2 Å². The first-order valence-corrected chi connectivity index (χ1v) is 7.02. The molecule has 0 amide bonds. The zero-order chi connectivity index (χ0) is 13.7. The zero-order valence-corrected chi connectivity index (χ0v) is 14.7. The van der Waals surface area contributed by atoms with Gasteiger partial charge in [-0.25, -0.2) is 0 Å². The fraction of sp³-hybridized carbons (Fsp3) is 0.533. The SMILES string of the molecule is Cc1ccc(C)c(NC(N)=NCCN2CCCC2)c1.I. The van der Waals surface area contributed by atoms with Crippen LogP contribution in [0.15, 0.2) is 23.2 Å². The molecule has 0 saturated carbocycles. The Bertz CT molecular complexity index is 453. The van der Waals surface area contributed by atoms with Crippen LogP contribution in [0.1, 0.15) is 24.0 Å². The Morgan fingerprint density at radius 1 is 1.30 bits per heavy atom. The molecule has 1 saturated heterocycles. The lowest BCUT2D eigenvalue weighted by molar-refractivity contribution is 0.349. The summed E-state index contributed by atoms with van der Waals surface area (Å²) >= 11 is 0. The molecule has 1 aromatic rings. The highest BCUT2D eigenvalue weighted by atomic mass is 127. The number of rotatable bonds is 4. The maximum Gasteiger partial charge on any atom is 0.193 e. The van der Waals surface area contributed by atoms with Crippen LogP contribution in [0, 0.1) is 13.8 Å². The van der Waals surface area contributed by atoms with Crippen molar-refractivity contribution >= 4 is 35.6 Å². The number of likely N-dealkylation sites (tertiary alicyclic amines) is 1. The van der Waals surface area contributed by atoms with Crippen molar-refractivity contribution in [1.82, 2.24) is 4.90 Å². The summed E-state index contributed by atoms with van der Waals surface area (Å²) in [5, 5.41) is 3.19. The van der Waals surface area contributed by atoms with Gasteiger partial charge >= 0.3 is 0 Å². The minimum atomic E-state index is 0. The van der Waals surface area contributed by atoms with Crippen LogP contribution in [0.3, 0.4) is 0 Å². The zero-order valence-electron chi connectivity index (χ0n) is 12.4. The summed E-state index contributed by atoms with van der Waals surface area (Å²) in [6, 6.07) is 6.29. The Kier molecular flexibility index (Phi) is 7.29. The fourth-order valence-electron chi connectivity index (χ4n) is 2.37. The standard InChI is InChI=1S/C15H24N4.HI/c1-12-5-6-13(2)14(11-12)18-15(16)17-7-10-19-8-3-4-9-19;/h5-6,11H,3-4,7-10H2,1-2H3,(H3,16,17,18);1H. The number of nitrogens with one attached hydrogen (secondary N) is 1. The summed E-state index contributed by atoms with van der Waals surface area (Å²) < 4.78 is 0. The molecule has 1 heterocycles. The lowest BCUT2D eigenvalue weighted by atomic mass is 10.1. The molecule has 5 heteroatoms. The summed E-state index contributed by atoms with van der Waals surface area (Å²) in [7, 11) is 0. The Labute approximate surface area is 138 Å². The summed E-state index contributed by atoms with van der Waals surface area (Å²) in [6.07, 6.45) is 2.64. The Balaban J connectivity index is 0.00000200. The van der Waals surface area contributed by atoms with Gasteiger partial charge in [0.05, 0.1) is 6.54 Å². The smallest absolute Gasteiger partial charge is 0.193 e. The van der Waals surface area contributed by atoms with E-state index in [2.05, 4.69) is 47.3 Å². The molecule has 1 fully saturated rings. The van der Waals surface area contributed by atoms with Gasteiger partial charge in [-0.1, -0.05) is 12.1 Å². The maximum atomic E-state index is 5.93. The molecule has 1 aliphatic rings. The Morgan fingerprint density at radius 3 is 2.70 bits per heavy atom. The van der Waals surface area contributed by atoms with Crippen molar-refractivity contribution in [1.29, 1.82) is 0 Å². The molecular weight excluding hydrogens is 363 g/mol. The number of halogens is 1. The highest BCUT2D eigenvalue weighted by Crippen LogP contribution is 2.15. The van der Waals surface area contributed by atoms with Gasteiger partial charge in [-0.2, -0.15) is 0 Å². The summed E-state index contributed by atoms with van der Waals surface area (Å²) in [5.41, 5.74) is 9.38. The van der Waals surface area contributed by atoms with Gasteiger partial charge in [0.15, 0.2) is 5.96 Å². The topological polar surface area (TPSA) is 53.6 Å². The molecule has 20 heavy (non-hydrogen) atoms. The third-order valence-corrected chi connectivity index (χ3v) is 3.55. The van der Waals surface area contributed by atoms with E-state index in [4.69, 9.17) is 5.73 Å². The number of hydrogen-bond donors (Lipinski definition) is 2. The lowest BCUT2D eigenvalue weighted by Gasteiger charge is -2.13. The highest BCUT2D eigenvalue weighted by Gasteiger charge is 2.10. The maximum absolute atomic E-state index is 5.93. The number of aryl methyl sites for hydroxylation is 2. The van der Waals surface area contributed by atoms with Crippen molar-refractivity contribution < 1.29 is 0 Å². The number of guanidine groups is 1. The first-order valence-electron chi connectivity index (χ1n) is 7.02. The van der Waals surface area contributed by atoms with Crippen LogP contribution in [0.2, 0.25) is 0 Å². The second-order valence-electron chi connectivity index (χ2n) is 5.26. The number of hydrogen-bond acceptors (Lipinski definition) is 2. The molecule has 0 atom stereocenters. The van der Waals surface area contributed by atoms with Gasteiger partial charge in [0.1, 0.15) is 0 Å². The van der Waals surface area contributed by atoms with E-state index in [0.29, 0.717) is 5.96 Å². The molecule has 1 aromatic carbocycles. The third-order valence-electron chi connectivity index (χ3n) is 3.55. The van der Waals surface area contributed by atoms with Crippen LogP contribution in [0.5, 0.6) is 0 Å². The average molecular weight is 388 g/mol. The molecule has 4 nitrogen and oxygen atoms in total. The molecule has 0 aliphatic carbocycles. The van der Waals surface area contributed by atoms with Crippen LogP contribution in [0.4, 0.5) is 5.69 Å². The summed E-state index contributed by atoms with van der Waals surface area (Å²) in [4.78, 5) is 6.83. The van der Waals surface area contributed by atoms with E-state index in [1.54, 1.807) is 0 Å². The molecule has 0 unspecified atom stereocenters. The van der Waals surface area contributed by atoms with Gasteiger partial charge in [-0.05, 0) is 57.0 Å². The molecule has 0 spiro atoms. The van der Waals surface area contributed by atoms with E-state index in [1.807, 2.05) is 0 Å². The highest BCUT2D eigenvalue weighted by molar-refractivity contribution is 14.0. The van der Waals surface area contributed by atoms with Crippen molar-refractivity contribution in [2.24, 2.45) is 10.7 Å². The van der Waals surface area contributed by atoms with Crippen molar-refractivity contribution in [2.45, 2.75) is 26.7 Å². The van der Waals surface area contributed by atoms with Crippen LogP contribution in [0.25, 0.3) is 0 Å². The first kappa shape index (κ1) is 17.2. The predicted molar refractivity (Wildman–Crippen MR) is 97.1 cm³/mol. The average Bonchev–Trinajstić information content (AvgIpc) is 2.87. The number of anilines is 1. The van der Waals surface area contributed by atoms with Crippen molar-refractivity contribution in [3.8, 4) is 0 Å². The van der Waals surface area contributed by atoms with Crippen LogP contribution >= 0.6 is 24.0 Å². The van der Waals surface area contributed by atoms with E-state index in [-0.39, 0.29) is 24.0 Å². The Morgan fingerprint density at radius 2 is 2.00 bits per heavy atom. The van der Waals surface area contributed by atoms with Crippen molar-refractivity contribution in [3.05, 3.63) is 29.3 Å². The molecule has 0 radical (unpaired) electrons. The van der Waals surface area contributed by atoms with Crippen LogP contribution < -0.4 is 11.1 Å². The molecular formula is C15H25IN4. The molecule has 3 N–H and O–H groups in total. The number of aliphatic imine (C=N–C) groups is 1. The normalized spacial score (nSPS) is 16.0. The van der Waals surface area contributed by atoms with E-state index in [0.717, 1.165) is 18.8 Å². The predicted octanol–water partition coefficient (Wildman–Crippen LogP) is 2.74. The van der Waals surface area contributed by atoms with E-state index in [1.165, 1.54) is 37.1 Å². The number of nitrogens with zero attached hydrogens (tertiary/aromatic N) is 2. The van der Waals surface area contributed by atoms with Gasteiger partial charge in [-0.3, -0.25) is 4.99 Å². The quantitative estimate of drug-likeness (QED) is 0.474. The second-order valence-corrected chi connectivity index (χ2v) is 5.26. The van der Waals surface area contributed by atoms with Crippen LogP contribution in [-0.2, 0) is 0 Å². The first-order chi connectivity index (χ1) is 9.15. The van der Waals surface area contributed by atoms with E-state index in [9.17, 15) is 0 Å². The fourth-order valence-corrected chi connectivity index (χ4v) is 2.37. The largest absolute Gasteiger partial charge is 0.370 e. The van der Waals surface area contributed by atoms with E-state index < -0.39 is 0 Å². The van der Waals surface area contributed by atoms with Gasteiger partial charge < -0.3 is 16.0 Å².